The molecule has 0 heterocycles. The van der Waals surface area contributed by atoms with Crippen molar-refractivity contribution < 1.29 is 0 Å². The van der Waals surface area contributed by atoms with Gasteiger partial charge in [-0.25, -0.2) is 0 Å². The van der Waals surface area contributed by atoms with Crippen LogP contribution in [0.4, 0.5) is 0 Å². The van der Waals surface area contributed by atoms with Crippen molar-refractivity contribution in [3.05, 3.63) is 0 Å². The van der Waals surface area contributed by atoms with Crippen molar-refractivity contribution in [1.29, 1.82) is 0 Å². The van der Waals surface area contributed by atoms with Gasteiger partial charge >= 0.3 is 0 Å². The number of rotatable bonds is 1. The van der Waals surface area contributed by atoms with Gasteiger partial charge in [0.25, 0.3) is 0 Å². The van der Waals surface area contributed by atoms with Gasteiger partial charge < -0.3 is 0 Å². The molecule has 0 aromatic heterocycles. The molecule has 0 fully saturated rings. The number of hydrogen-bond donors (Lipinski definition) is 0. The van der Waals surface area contributed by atoms with Crippen LogP contribution >= 0.6 is 0 Å². The quantitative estimate of drug-likeness (QED) is 0.467. The molecule has 0 aliphatic heterocycles. The van der Waals surface area contributed by atoms with Gasteiger partial charge in [0.1, 0.15) is 0 Å². The Labute approximate surface area is 89.1 Å². The zero-order chi connectivity index (χ0) is 12.3. The average molecular weight is 192 g/mol. The van der Waals surface area contributed by atoms with Gasteiger partial charge in [0.2, 0.25) is 0 Å². The maximum absolute atomic E-state index is 2.22. The van der Waals surface area contributed by atoms with Crippen molar-refractivity contribution in [2.45, 2.75) is 82.6 Å². The summed E-state index contributed by atoms with van der Waals surface area (Å²) in [6, 6.07) is 0. The lowest BCUT2D eigenvalue weighted by Crippen LogP contribution is -1.77. The van der Waals surface area contributed by atoms with Crippen LogP contribution in [0.1, 0.15) is 82.6 Å². The van der Waals surface area contributed by atoms with E-state index in [0.717, 1.165) is 5.92 Å². The molecule has 0 saturated carbocycles. The van der Waals surface area contributed by atoms with E-state index in [1.165, 1.54) is 6.42 Å². The molecule has 0 aliphatic carbocycles. The summed E-state index contributed by atoms with van der Waals surface area (Å²) in [7, 11) is 0. The van der Waals surface area contributed by atoms with E-state index in [2.05, 4.69) is 20.8 Å². The summed E-state index contributed by atoms with van der Waals surface area (Å²) in [6.07, 6.45) is 1.31. The summed E-state index contributed by atoms with van der Waals surface area (Å²) >= 11 is 0. The molecule has 0 heteroatoms. The van der Waals surface area contributed by atoms with Crippen LogP contribution in [0.2, 0.25) is 0 Å². The highest BCUT2D eigenvalue weighted by molar-refractivity contribution is 4.32. The van der Waals surface area contributed by atoms with E-state index in [4.69, 9.17) is 0 Å². The van der Waals surface area contributed by atoms with E-state index < -0.39 is 0 Å². The highest BCUT2D eigenvalue weighted by atomic mass is 13.9. The lowest BCUT2D eigenvalue weighted by Gasteiger charge is -1.90. The second-order valence-electron chi connectivity index (χ2n) is 1.80. The van der Waals surface area contributed by atoms with Crippen LogP contribution in [0.25, 0.3) is 0 Å². The fraction of sp³-hybridized carbons (Fsp3) is 1.00. The summed E-state index contributed by atoms with van der Waals surface area (Å²) in [5, 5.41) is 0. The highest BCUT2D eigenvalue weighted by Gasteiger charge is 1.80. The molecule has 0 spiro atoms. The Morgan fingerprint density at radius 2 is 0.692 bits per heavy atom. The van der Waals surface area contributed by atoms with Crippen molar-refractivity contribution in [3.63, 3.8) is 0 Å². The summed E-state index contributed by atoms with van der Waals surface area (Å²) in [6.45, 7) is 22.6. The normalized spacial score (nSPS) is 5.54. The fourth-order valence-electron chi connectivity index (χ4n) is 0. The minimum atomic E-state index is 0.884. The largest absolute Gasteiger partial charge is 0.0683 e. The molecular formula is C13H36. The van der Waals surface area contributed by atoms with E-state index >= 15 is 0 Å². The van der Waals surface area contributed by atoms with Crippen LogP contribution in [0.5, 0.6) is 0 Å². The molecule has 88 valence electrons. The molecule has 13 heavy (non-hydrogen) atoms. The Hall–Kier alpha value is 0. The molecule has 0 radical (unpaired) electrons. The summed E-state index contributed by atoms with van der Waals surface area (Å²) in [5.41, 5.74) is 0. The molecule has 0 bridgehead atoms. The predicted octanol–water partition coefficient (Wildman–Crippen LogP) is 6.16. The Kier molecular flexibility index (Phi) is 204. The number of hydrogen-bond acceptors (Lipinski definition) is 0. The van der Waals surface area contributed by atoms with Crippen molar-refractivity contribution in [2.24, 2.45) is 5.92 Å². The van der Waals surface area contributed by atoms with Gasteiger partial charge in [-0.1, -0.05) is 82.6 Å². The van der Waals surface area contributed by atoms with Crippen LogP contribution in [-0.2, 0) is 0 Å². The lowest BCUT2D eigenvalue weighted by atomic mass is 10.2. The van der Waals surface area contributed by atoms with E-state index in [0.29, 0.717) is 0 Å². The van der Waals surface area contributed by atoms with Crippen molar-refractivity contribution in [2.75, 3.05) is 0 Å². The van der Waals surface area contributed by atoms with Gasteiger partial charge in [0.05, 0.1) is 0 Å². The molecule has 0 unspecified atom stereocenters. The van der Waals surface area contributed by atoms with Gasteiger partial charge in [-0.05, 0) is 5.92 Å². The summed E-state index contributed by atoms with van der Waals surface area (Å²) in [4.78, 5) is 0. The van der Waals surface area contributed by atoms with Crippen LogP contribution in [0, 0.1) is 5.92 Å². The van der Waals surface area contributed by atoms with E-state index in [1.54, 1.807) is 0 Å². The smallest absolute Gasteiger partial charge is 0.0474 e. The standard InChI is InChI=1S/C5H12.4C2H6/c1-4-5(2)3;4*1-2/h5H,4H2,1-3H3;4*1-2H3. The van der Waals surface area contributed by atoms with Crippen LogP contribution < -0.4 is 0 Å². The third-order valence-corrected chi connectivity index (χ3v) is 0.816. The Morgan fingerprint density at radius 1 is 0.615 bits per heavy atom. The zero-order valence-electron chi connectivity index (χ0n) is 12.3. The molecule has 0 saturated heterocycles. The lowest BCUT2D eigenvalue weighted by molar-refractivity contribution is 0.626. The third kappa shape index (κ3) is 300. The maximum Gasteiger partial charge on any atom is -0.0474 e. The summed E-state index contributed by atoms with van der Waals surface area (Å²) in [5.74, 6) is 0.884. The average Bonchev–Trinajstić information content (AvgIpc) is 2.29. The predicted molar refractivity (Wildman–Crippen MR) is 70.5 cm³/mol. The molecule has 0 nitrogen and oxygen atoms in total. The van der Waals surface area contributed by atoms with Crippen molar-refractivity contribution >= 4 is 0 Å². The minimum absolute atomic E-state index is 0.884. The van der Waals surface area contributed by atoms with Gasteiger partial charge in [0.15, 0.2) is 0 Å². The molecule has 0 amide bonds. The molecule has 0 rings (SSSR count). The Bertz CT molecular complexity index is 14.0. The summed E-state index contributed by atoms with van der Waals surface area (Å²) < 4.78 is 0. The van der Waals surface area contributed by atoms with E-state index in [1.807, 2.05) is 55.4 Å². The van der Waals surface area contributed by atoms with Crippen molar-refractivity contribution in [1.82, 2.24) is 0 Å². The van der Waals surface area contributed by atoms with Crippen LogP contribution in [0.3, 0.4) is 0 Å². The SMILES string of the molecule is CC.CC.CC.CC.CCC(C)C. The van der Waals surface area contributed by atoms with Crippen LogP contribution in [0.15, 0.2) is 0 Å². The Balaban J connectivity index is -0.0000000230. The van der Waals surface area contributed by atoms with Gasteiger partial charge in [-0.3, -0.25) is 0 Å². The second kappa shape index (κ2) is 90.8. The monoisotopic (exact) mass is 192 g/mol. The van der Waals surface area contributed by atoms with Gasteiger partial charge in [0, 0.05) is 0 Å². The van der Waals surface area contributed by atoms with E-state index in [-0.39, 0.29) is 0 Å². The van der Waals surface area contributed by atoms with Crippen molar-refractivity contribution in [3.8, 4) is 0 Å². The van der Waals surface area contributed by atoms with Crippen LogP contribution in [-0.4, -0.2) is 0 Å². The molecule has 0 N–H and O–H groups in total. The topological polar surface area (TPSA) is 0 Å². The first kappa shape index (κ1) is 29.2. The van der Waals surface area contributed by atoms with E-state index in [9.17, 15) is 0 Å². The highest BCUT2D eigenvalue weighted by Crippen LogP contribution is 1.93. The van der Waals surface area contributed by atoms with Gasteiger partial charge in [-0.15, -0.1) is 0 Å². The maximum atomic E-state index is 2.22. The molecule has 0 atom stereocenters. The Morgan fingerprint density at radius 3 is 0.692 bits per heavy atom. The first-order chi connectivity index (χ1) is 6.27. The van der Waals surface area contributed by atoms with Gasteiger partial charge in [-0.2, -0.15) is 0 Å². The molecule has 0 aromatic rings. The fourth-order valence-corrected chi connectivity index (χ4v) is 0. The minimum Gasteiger partial charge on any atom is -0.0683 e. The molecule has 0 aromatic carbocycles. The molecule has 0 aliphatic rings. The molecular weight excluding hydrogens is 156 g/mol. The first-order valence-corrected chi connectivity index (χ1v) is 6.27. The zero-order valence-corrected chi connectivity index (χ0v) is 12.3. The third-order valence-electron chi connectivity index (χ3n) is 0.816. The first-order valence-electron chi connectivity index (χ1n) is 6.27. The second-order valence-corrected chi connectivity index (χ2v) is 1.80.